The number of nitrogens with one attached hydrogen (secondary N) is 1. The molecule has 3 heteroatoms. The van der Waals surface area contributed by atoms with Gasteiger partial charge in [0.05, 0.1) is 0 Å². The molecule has 2 aliphatic rings. The molecule has 0 bridgehead atoms. The molecule has 2 saturated carbocycles. The van der Waals surface area contributed by atoms with E-state index >= 15 is 0 Å². The van der Waals surface area contributed by atoms with Crippen LogP contribution in [-0.4, -0.2) is 18.5 Å². The Kier molecular flexibility index (Phi) is 5.48. The lowest BCUT2D eigenvalue weighted by Crippen LogP contribution is -2.44. The van der Waals surface area contributed by atoms with Gasteiger partial charge < -0.3 is 11.1 Å². The minimum absolute atomic E-state index is 0.257. The summed E-state index contributed by atoms with van der Waals surface area (Å²) in [6.45, 7) is 0.716. The molecule has 0 saturated heterocycles. The van der Waals surface area contributed by atoms with E-state index in [1.54, 1.807) is 0 Å². The summed E-state index contributed by atoms with van der Waals surface area (Å²) in [6, 6.07) is 0.347. The average Bonchev–Trinajstić information content (AvgIpc) is 2.90. The van der Waals surface area contributed by atoms with Gasteiger partial charge in [-0.15, -0.1) is 0 Å². The van der Waals surface area contributed by atoms with Crippen molar-refractivity contribution >= 4 is 5.91 Å². The zero-order valence-electron chi connectivity index (χ0n) is 11.5. The van der Waals surface area contributed by atoms with Gasteiger partial charge in [-0.3, -0.25) is 4.79 Å². The number of carbonyl (C=O) groups excluding carboxylic acids is 1. The predicted molar refractivity (Wildman–Crippen MR) is 74.1 cm³/mol. The monoisotopic (exact) mass is 252 g/mol. The minimum atomic E-state index is 0.257. The molecule has 2 aliphatic carbocycles. The fraction of sp³-hybridized carbons (Fsp3) is 0.933. The van der Waals surface area contributed by atoms with Gasteiger partial charge >= 0.3 is 0 Å². The largest absolute Gasteiger partial charge is 0.353 e. The van der Waals surface area contributed by atoms with E-state index in [1.807, 2.05) is 0 Å². The lowest BCUT2D eigenvalue weighted by atomic mass is 9.84. The highest BCUT2D eigenvalue weighted by molar-refractivity contribution is 5.76. The molecule has 0 aromatic carbocycles. The molecule has 2 unspecified atom stereocenters. The molecule has 0 heterocycles. The number of amides is 1. The molecule has 18 heavy (non-hydrogen) atoms. The number of rotatable bonds is 5. The topological polar surface area (TPSA) is 55.1 Å². The van der Waals surface area contributed by atoms with Crippen molar-refractivity contribution in [2.75, 3.05) is 6.54 Å². The zero-order valence-corrected chi connectivity index (χ0v) is 11.5. The third-order valence-electron chi connectivity index (χ3n) is 4.81. The molecule has 0 aliphatic heterocycles. The quantitative estimate of drug-likeness (QED) is 0.790. The lowest BCUT2D eigenvalue weighted by Gasteiger charge is -2.31. The number of hydrogen-bond donors (Lipinski definition) is 2. The number of hydrogen-bond acceptors (Lipinski definition) is 2. The van der Waals surface area contributed by atoms with Crippen molar-refractivity contribution in [1.82, 2.24) is 5.32 Å². The van der Waals surface area contributed by atoms with Gasteiger partial charge in [0.1, 0.15) is 0 Å². The summed E-state index contributed by atoms with van der Waals surface area (Å²) in [5, 5.41) is 3.22. The highest BCUT2D eigenvalue weighted by atomic mass is 16.1. The van der Waals surface area contributed by atoms with Crippen molar-refractivity contribution in [1.29, 1.82) is 0 Å². The van der Waals surface area contributed by atoms with E-state index in [1.165, 1.54) is 44.9 Å². The smallest absolute Gasteiger partial charge is 0.220 e. The molecule has 3 nitrogen and oxygen atoms in total. The maximum atomic E-state index is 12.0. The zero-order chi connectivity index (χ0) is 12.8. The number of nitrogens with two attached hydrogens (primary N) is 1. The first-order chi connectivity index (χ1) is 8.79. The Morgan fingerprint density at radius 2 is 1.72 bits per heavy atom. The highest BCUT2D eigenvalue weighted by Crippen LogP contribution is 2.28. The van der Waals surface area contributed by atoms with Crippen LogP contribution in [0, 0.1) is 11.8 Å². The molecule has 0 aromatic rings. The van der Waals surface area contributed by atoms with Crippen molar-refractivity contribution in [2.24, 2.45) is 17.6 Å². The fourth-order valence-corrected chi connectivity index (χ4v) is 3.59. The van der Waals surface area contributed by atoms with Gasteiger partial charge in [0.15, 0.2) is 0 Å². The van der Waals surface area contributed by atoms with Gasteiger partial charge in [0.25, 0.3) is 0 Å². The van der Waals surface area contributed by atoms with Crippen LogP contribution in [0.3, 0.4) is 0 Å². The van der Waals surface area contributed by atoms with E-state index in [0.717, 1.165) is 25.2 Å². The van der Waals surface area contributed by atoms with Gasteiger partial charge in [-0.25, -0.2) is 0 Å². The van der Waals surface area contributed by atoms with E-state index in [4.69, 9.17) is 5.73 Å². The van der Waals surface area contributed by atoms with Crippen LogP contribution in [0.2, 0.25) is 0 Å². The first-order valence-corrected chi connectivity index (χ1v) is 7.79. The lowest BCUT2D eigenvalue weighted by molar-refractivity contribution is -0.122. The first-order valence-electron chi connectivity index (χ1n) is 7.79. The van der Waals surface area contributed by atoms with Crippen LogP contribution in [0.5, 0.6) is 0 Å². The second-order valence-electron chi connectivity index (χ2n) is 6.14. The standard InChI is InChI=1S/C15H28N2O/c16-11-13-7-3-4-8-14(13)17-15(18)10-9-12-5-1-2-6-12/h12-14H,1-11,16H2,(H,17,18). The van der Waals surface area contributed by atoms with Crippen LogP contribution < -0.4 is 11.1 Å². The maximum Gasteiger partial charge on any atom is 0.220 e. The molecule has 2 atom stereocenters. The van der Waals surface area contributed by atoms with E-state index in [0.29, 0.717) is 18.5 Å². The Morgan fingerprint density at radius 1 is 1.06 bits per heavy atom. The number of carbonyl (C=O) groups is 1. The van der Waals surface area contributed by atoms with Crippen LogP contribution in [0.4, 0.5) is 0 Å². The van der Waals surface area contributed by atoms with Crippen LogP contribution in [0.25, 0.3) is 0 Å². The van der Waals surface area contributed by atoms with E-state index in [-0.39, 0.29) is 5.91 Å². The van der Waals surface area contributed by atoms with Gasteiger partial charge in [-0.1, -0.05) is 38.5 Å². The molecular weight excluding hydrogens is 224 g/mol. The van der Waals surface area contributed by atoms with Crippen molar-refractivity contribution in [3.05, 3.63) is 0 Å². The van der Waals surface area contributed by atoms with Gasteiger partial charge in [0.2, 0.25) is 5.91 Å². The maximum absolute atomic E-state index is 12.0. The second kappa shape index (κ2) is 7.13. The Balaban J connectivity index is 1.68. The molecule has 2 rings (SSSR count). The summed E-state index contributed by atoms with van der Waals surface area (Å²) in [7, 11) is 0. The summed E-state index contributed by atoms with van der Waals surface area (Å²) in [6.07, 6.45) is 12.0. The Bertz CT molecular complexity index is 261. The van der Waals surface area contributed by atoms with Crippen LogP contribution >= 0.6 is 0 Å². The average molecular weight is 252 g/mol. The van der Waals surface area contributed by atoms with E-state index in [9.17, 15) is 4.79 Å². The van der Waals surface area contributed by atoms with E-state index in [2.05, 4.69) is 5.32 Å². The minimum Gasteiger partial charge on any atom is -0.353 e. The molecule has 1 amide bonds. The summed E-state index contributed by atoms with van der Waals surface area (Å²) in [4.78, 5) is 12.0. The van der Waals surface area contributed by atoms with Crippen molar-refractivity contribution in [2.45, 2.75) is 70.3 Å². The molecular formula is C15H28N2O. The molecule has 3 N–H and O–H groups in total. The fourth-order valence-electron chi connectivity index (χ4n) is 3.59. The van der Waals surface area contributed by atoms with Crippen LogP contribution in [0.1, 0.15) is 64.2 Å². The van der Waals surface area contributed by atoms with Crippen LogP contribution in [0.15, 0.2) is 0 Å². The van der Waals surface area contributed by atoms with Crippen molar-refractivity contribution in [3.63, 3.8) is 0 Å². The predicted octanol–water partition coefficient (Wildman–Crippen LogP) is 2.59. The SMILES string of the molecule is NCC1CCCCC1NC(=O)CCC1CCCC1. The van der Waals surface area contributed by atoms with Gasteiger partial charge in [-0.05, 0) is 37.6 Å². The third kappa shape index (κ3) is 3.98. The Morgan fingerprint density at radius 3 is 2.44 bits per heavy atom. The van der Waals surface area contributed by atoms with Gasteiger partial charge in [-0.2, -0.15) is 0 Å². The van der Waals surface area contributed by atoms with Crippen molar-refractivity contribution in [3.8, 4) is 0 Å². The summed E-state index contributed by atoms with van der Waals surface area (Å²) >= 11 is 0. The molecule has 0 spiro atoms. The molecule has 2 fully saturated rings. The summed E-state index contributed by atoms with van der Waals surface area (Å²) in [5.41, 5.74) is 5.79. The third-order valence-corrected chi connectivity index (χ3v) is 4.81. The molecule has 0 aromatic heterocycles. The first kappa shape index (κ1) is 13.9. The Labute approximate surface area is 111 Å². The van der Waals surface area contributed by atoms with Crippen LogP contribution in [-0.2, 0) is 4.79 Å². The molecule has 0 radical (unpaired) electrons. The van der Waals surface area contributed by atoms with Crippen molar-refractivity contribution < 1.29 is 4.79 Å². The Hall–Kier alpha value is -0.570. The highest BCUT2D eigenvalue weighted by Gasteiger charge is 2.25. The normalized spacial score (nSPS) is 29.4. The second-order valence-corrected chi connectivity index (χ2v) is 6.14. The summed E-state index contributed by atoms with van der Waals surface area (Å²) in [5.74, 6) is 1.58. The summed E-state index contributed by atoms with van der Waals surface area (Å²) < 4.78 is 0. The molecule has 104 valence electrons. The van der Waals surface area contributed by atoms with E-state index < -0.39 is 0 Å². The van der Waals surface area contributed by atoms with Gasteiger partial charge in [0, 0.05) is 12.5 Å².